The summed E-state index contributed by atoms with van der Waals surface area (Å²) in [5, 5.41) is 10.8. The molecule has 4 nitrogen and oxygen atoms in total. The van der Waals surface area contributed by atoms with E-state index in [-0.39, 0.29) is 5.75 Å². The van der Waals surface area contributed by atoms with E-state index in [9.17, 15) is 5.11 Å². The summed E-state index contributed by atoms with van der Waals surface area (Å²) in [6.45, 7) is 7.86. The molecule has 0 radical (unpaired) electrons. The molecular formula is C24H21ClN2O2. The van der Waals surface area contributed by atoms with Gasteiger partial charge in [-0.15, -0.1) is 0 Å². The zero-order chi connectivity index (χ0) is 20.7. The standard InChI is InChI=1S/C24H21ClN2O2/c1-13-9-20-22(11-14(13)2)29-24(27-20)17-5-7-18(8-6-17)26-12-19-16(4)23(25)15(3)10-21(19)28/h5-12,28H,1-4H3. The molecule has 0 unspecified atom stereocenters. The number of benzene rings is 3. The van der Waals surface area contributed by atoms with E-state index in [0.29, 0.717) is 16.5 Å². The third-order valence-electron chi connectivity index (χ3n) is 5.17. The molecule has 0 aliphatic heterocycles. The van der Waals surface area contributed by atoms with Gasteiger partial charge in [0, 0.05) is 22.4 Å². The number of oxazole rings is 1. The summed E-state index contributed by atoms with van der Waals surface area (Å²) in [4.78, 5) is 9.07. The van der Waals surface area contributed by atoms with Gasteiger partial charge in [-0.1, -0.05) is 11.6 Å². The molecule has 0 saturated carbocycles. The summed E-state index contributed by atoms with van der Waals surface area (Å²) >= 11 is 6.29. The Kier molecular flexibility index (Phi) is 4.89. The number of phenols is 1. The summed E-state index contributed by atoms with van der Waals surface area (Å²) < 4.78 is 5.92. The second-order valence-corrected chi connectivity index (χ2v) is 7.67. The molecule has 4 aromatic rings. The quantitative estimate of drug-likeness (QED) is 0.380. The first-order valence-corrected chi connectivity index (χ1v) is 9.72. The highest BCUT2D eigenvalue weighted by molar-refractivity contribution is 6.32. The monoisotopic (exact) mass is 404 g/mol. The lowest BCUT2D eigenvalue weighted by molar-refractivity contribution is 0.473. The molecule has 1 aromatic heterocycles. The van der Waals surface area contributed by atoms with Crippen LogP contribution >= 0.6 is 11.6 Å². The van der Waals surface area contributed by atoms with E-state index in [0.717, 1.165) is 33.5 Å². The minimum atomic E-state index is 0.168. The van der Waals surface area contributed by atoms with Gasteiger partial charge in [0.2, 0.25) is 5.89 Å². The van der Waals surface area contributed by atoms with Gasteiger partial charge in [-0.3, -0.25) is 4.99 Å². The molecule has 5 heteroatoms. The van der Waals surface area contributed by atoms with E-state index in [2.05, 4.69) is 23.8 Å². The van der Waals surface area contributed by atoms with Gasteiger partial charge in [-0.25, -0.2) is 4.98 Å². The number of phenolic OH excluding ortho intramolecular Hbond substituents is 1. The molecule has 3 aromatic carbocycles. The summed E-state index contributed by atoms with van der Waals surface area (Å²) in [6.07, 6.45) is 1.63. The number of rotatable bonds is 3. The van der Waals surface area contributed by atoms with Crippen LogP contribution in [0.1, 0.15) is 27.8 Å². The van der Waals surface area contributed by atoms with Gasteiger partial charge in [0.15, 0.2) is 5.58 Å². The first kappa shape index (κ1) is 19.2. The molecule has 146 valence electrons. The van der Waals surface area contributed by atoms with Crippen molar-refractivity contribution in [2.45, 2.75) is 27.7 Å². The van der Waals surface area contributed by atoms with Gasteiger partial charge in [-0.05, 0) is 92.4 Å². The van der Waals surface area contributed by atoms with Gasteiger partial charge < -0.3 is 9.52 Å². The lowest BCUT2D eigenvalue weighted by Gasteiger charge is -2.08. The van der Waals surface area contributed by atoms with Crippen molar-refractivity contribution in [2.75, 3.05) is 0 Å². The van der Waals surface area contributed by atoms with Crippen molar-refractivity contribution in [2.24, 2.45) is 4.99 Å². The van der Waals surface area contributed by atoms with Gasteiger partial charge >= 0.3 is 0 Å². The van der Waals surface area contributed by atoms with Crippen LogP contribution in [-0.4, -0.2) is 16.3 Å². The third kappa shape index (κ3) is 3.64. The second-order valence-electron chi connectivity index (χ2n) is 7.29. The largest absolute Gasteiger partial charge is 0.507 e. The molecule has 1 N–H and O–H groups in total. The maximum Gasteiger partial charge on any atom is 0.227 e. The Bertz CT molecular complexity index is 1220. The molecule has 0 saturated heterocycles. The predicted octanol–water partition coefficient (Wildman–Crippen LogP) is 6.84. The van der Waals surface area contributed by atoms with Crippen molar-refractivity contribution in [3.05, 3.63) is 75.3 Å². The Morgan fingerprint density at radius 2 is 1.66 bits per heavy atom. The lowest BCUT2D eigenvalue weighted by atomic mass is 10.0. The molecule has 0 spiro atoms. The SMILES string of the molecule is Cc1cc2nc(-c3ccc(N=Cc4c(O)cc(C)c(Cl)c4C)cc3)oc2cc1C. The zero-order valence-corrected chi connectivity index (χ0v) is 17.5. The van der Waals surface area contributed by atoms with Crippen LogP contribution in [0, 0.1) is 27.7 Å². The zero-order valence-electron chi connectivity index (χ0n) is 16.7. The molecule has 0 bridgehead atoms. The average Bonchev–Trinajstić information content (AvgIpc) is 3.09. The minimum absolute atomic E-state index is 0.168. The Hall–Kier alpha value is -3.11. The minimum Gasteiger partial charge on any atom is -0.507 e. The van der Waals surface area contributed by atoms with Crippen molar-refractivity contribution in [1.82, 2.24) is 4.98 Å². The van der Waals surface area contributed by atoms with Crippen LogP contribution in [0.4, 0.5) is 5.69 Å². The van der Waals surface area contributed by atoms with E-state index in [1.165, 1.54) is 11.1 Å². The maximum absolute atomic E-state index is 10.2. The summed E-state index contributed by atoms with van der Waals surface area (Å²) in [5.74, 6) is 0.751. The van der Waals surface area contributed by atoms with Crippen molar-refractivity contribution in [3.63, 3.8) is 0 Å². The predicted molar refractivity (Wildman–Crippen MR) is 119 cm³/mol. The number of halogens is 1. The number of aromatic nitrogens is 1. The van der Waals surface area contributed by atoms with Crippen LogP contribution in [-0.2, 0) is 0 Å². The summed E-state index contributed by atoms with van der Waals surface area (Å²) in [5.41, 5.74) is 7.92. The molecule has 0 fully saturated rings. The summed E-state index contributed by atoms with van der Waals surface area (Å²) in [6, 6.07) is 13.3. The molecule has 0 aliphatic carbocycles. The fourth-order valence-electron chi connectivity index (χ4n) is 3.25. The Morgan fingerprint density at radius 3 is 2.38 bits per heavy atom. The molecule has 0 amide bonds. The third-order valence-corrected chi connectivity index (χ3v) is 5.75. The van der Waals surface area contributed by atoms with Gasteiger partial charge in [0.05, 0.1) is 5.69 Å². The normalized spacial score (nSPS) is 11.6. The van der Waals surface area contributed by atoms with Crippen LogP contribution in [0.15, 0.2) is 51.9 Å². The fourth-order valence-corrected chi connectivity index (χ4v) is 3.40. The highest BCUT2D eigenvalue weighted by Crippen LogP contribution is 2.31. The number of nitrogens with zero attached hydrogens (tertiary/aromatic N) is 2. The second kappa shape index (κ2) is 7.37. The molecule has 29 heavy (non-hydrogen) atoms. The number of hydrogen-bond acceptors (Lipinski definition) is 4. The van der Waals surface area contributed by atoms with Crippen molar-refractivity contribution >= 4 is 34.6 Å². The fraction of sp³-hybridized carbons (Fsp3) is 0.167. The first-order valence-electron chi connectivity index (χ1n) is 9.34. The number of fused-ring (bicyclic) bond motifs is 1. The number of aliphatic imine (C=N–C) groups is 1. The Morgan fingerprint density at radius 1 is 0.966 bits per heavy atom. The highest BCUT2D eigenvalue weighted by Gasteiger charge is 2.11. The van der Waals surface area contributed by atoms with Crippen molar-refractivity contribution in [3.8, 4) is 17.2 Å². The maximum atomic E-state index is 10.2. The Balaban J connectivity index is 1.62. The van der Waals surface area contributed by atoms with E-state index in [1.807, 2.05) is 50.2 Å². The number of hydrogen-bond donors (Lipinski definition) is 1. The topological polar surface area (TPSA) is 58.6 Å². The molecule has 0 aliphatic rings. The van der Waals surface area contributed by atoms with Crippen LogP contribution in [0.5, 0.6) is 5.75 Å². The van der Waals surface area contributed by atoms with E-state index in [4.69, 9.17) is 16.0 Å². The van der Waals surface area contributed by atoms with Crippen molar-refractivity contribution in [1.29, 1.82) is 0 Å². The van der Waals surface area contributed by atoms with E-state index in [1.54, 1.807) is 12.3 Å². The molecule has 0 atom stereocenters. The lowest BCUT2D eigenvalue weighted by Crippen LogP contribution is -1.92. The first-order chi connectivity index (χ1) is 13.8. The Labute approximate surface area is 174 Å². The van der Waals surface area contributed by atoms with Gasteiger partial charge in [-0.2, -0.15) is 0 Å². The van der Waals surface area contributed by atoms with E-state index < -0.39 is 0 Å². The van der Waals surface area contributed by atoms with Crippen molar-refractivity contribution < 1.29 is 9.52 Å². The van der Waals surface area contributed by atoms with Crippen LogP contribution in [0.25, 0.3) is 22.6 Å². The van der Waals surface area contributed by atoms with Crippen LogP contribution in [0.2, 0.25) is 5.02 Å². The summed E-state index contributed by atoms with van der Waals surface area (Å²) in [7, 11) is 0. The van der Waals surface area contributed by atoms with Gasteiger partial charge in [0.1, 0.15) is 11.3 Å². The molecule has 1 heterocycles. The number of aryl methyl sites for hydroxylation is 3. The smallest absolute Gasteiger partial charge is 0.227 e. The number of aromatic hydroxyl groups is 1. The molecular weight excluding hydrogens is 384 g/mol. The van der Waals surface area contributed by atoms with E-state index >= 15 is 0 Å². The highest BCUT2D eigenvalue weighted by atomic mass is 35.5. The van der Waals surface area contributed by atoms with Gasteiger partial charge in [0.25, 0.3) is 0 Å². The average molecular weight is 405 g/mol. The van der Waals surface area contributed by atoms with Crippen LogP contribution < -0.4 is 0 Å². The molecule has 4 rings (SSSR count). The van der Waals surface area contributed by atoms with Crippen LogP contribution in [0.3, 0.4) is 0 Å².